The van der Waals surface area contributed by atoms with Gasteiger partial charge >= 0.3 is 0 Å². The standard InChI is InChI=1S/C13H10BrClF2N2/c1-7(8-2-3-10(16)11(17)4-8)19-12-5-9(14)6-18-13(12)15/h2-7,19H,1H3. The molecule has 0 amide bonds. The molecular formula is C13H10BrClF2N2. The molecule has 0 spiro atoms. The third-order valence-electron chi connectivity index (χ3n) is 2.62. The van der Waals surface area contributed by atoms with Crippen molar-refractivity contribution in [2.45, 2.75) is 13.0 Å². The average molecular weight is 348 g/mol. The molecule has 1 aromatic heterocycles. The summed E-state index contributed by atoms with van der Waals surface area (Å²) in [5, 5.41) is 3.42. The van der Waals surface area contributed by atoms with E-state index < -0.39 is 11.6 Å². The molecule has 1 atom stereocenters. The van der Waals surface area contributed by atoms with E-state index in [1.54, 1.807) is 12.3 Å². The molecule has 2 rings (SSSR count). The minimum absolute atomic E-state index is 0.233. The van der Waals surface area contributed by atoms with Crippen molar-refractivity contribution in [3.05, 3.63) is 57.3 Å². The first-order valence-corrected chi connectivity index (χ1v) is 6.67. The van der Waals surface area contributed by atoms with Crippen molar-refractivity contribution in [2.24, 2.45) is 0 Å². The Morgan fingerprint density at radius 3 is 2.68 bits per heavy atom. The Hall–Kier alpha value is -1.20. The van der Waals surface area contributed by atoms with Gasteiger partial charge in [0.25, 0.3) is 0 Å². The quantitative estimate of drug-likeness (QED) is 0.795. The zero-order valence-electron chi connectivity index (χ0n) is 9.92. The highest BCUT2D eigenvalue weighted by atomic mass is 79.9. The van der Waals surface area contributed by atoms with Gasteiger partial charge in [-0.3, -0.25) is 0 Å². The maximum atomic E-state index is 13.2. The fourth-order valence-corrected chi connectivity index (χ4v) is 2.11. The van der Waals surface area contributed by atoms with Crippen LogP contribution in [0.5, 0.6) is 0 Å². The van der Waals surface area contributed by atoms with Crippen molar-refractivity contribution in [2.75, 3.05) is 5.32 Å². The van der Waals surface area contributed by atoms with Crippen LogP contribution in [0.2, 0.25) is 5.15 Å². The summed E-state index contributed by atoms with van der Waals surface area (Å²) in [7, 11) is 0. The van der Waals surface area contributed by atoms with E-state index >= 15 is 0 Å². The second kappa shape index (κ2) is 5.84. The Balaban J connectivity index is 2.22. The Labute approximate surface area is 122 Å². The molecule has 1 heterocycles. The summed E-state index contributed by atoms with van der Waals surface area (Å²) in [6.07, 6.45) is 1.58. The maximum absolute atomic E-state index is 13.2. The second-order valence-electron chi connectivity index (χ2n) is 4.03. The molecule has 2 aromatic rings. The van der Waals surface area contributed by atoms with E-state index in [0.29, 0.717) is 16.4 Å². The molecule has 0 bridgehead atoms. The van der Waals surface area contributed by atoms with Crippen LogP contribution in [0.25, 0.3) is 0 Å². The van der Waals surface area contributed by atoms with E-state index in [-0.39, 0.29) is 6.04 Å². The number of anilines is 1. The fourth-order valence-electron chi connectivity index (χ4n) is 1.62. The van der Waals surface area contributed by atoms with Gasteiger partial charge < -0.3 is 5.32 Å². The van der Waals surface area contributed by atoms with E-state index in [1.165, 1.54) is 6.07 Å². The summed E-state index contributed by atoms with van der Waals surface area (Å²) in [6, 6.07) is 5.32. The van der Waals surface area contributed by atoms with E-state index in [1.807, 2.05) is 6.92 Å². The maximum Gasteiger partial charge on any atom is 0.159 e. The molecule has 0 aliphatic rings. The Morgan fingerprint density at radius 1 is 1.26 bits per heavy atom. The molecule has 0 aliphatic heterocycles. The highest BCUT2D eigenvalue weighted by Crippen LogP contribution is 2.27. The van der Waals surface area contributed by atoms with Crippen molar-refractivity contribution in [1.29, 1.82) is 0 Å². The zero-order valence-corrected chi connectivity index (χ0v) is 12.3. The average Bonchev–Trinajstić information content (AvgIpc) is 2.37. The van der Waals surface area contributed by atoms with Gasteiger partial charge in [-0.15, -0.1) is 0 Å². The molecule has 0 radical (unpaired) electrons. The van der Waals surface area contributed by atoms with Crippen molar-refractivity contribution in [3.8, 4) is 0 Å². The van der Waals surface area contributed by atoms with Gasteiger partial charge in [0.15, 0.2) is 16.8 Å². The first kappa shape index (κ1) is 14.2. The van der Waals surface area contributed by atoms with Crippen LogP contribution in [0.4, 0.5) is 14.5 Å². The van der Waals surface area contributed by atoms with E-state index in [0.717, 1.165) is 16.6 Å². The number of pyridine rings is 1. The van der Waals surface area contributed by atoms with Gasteiger partial charge in [-0.25, -0.2) is 13.8 Å². The number of benzene rings is 1. The molecule has 6 heteroatoms. The van der Waals surface area contributed by atoms with Crippen molar-refractivity contribution in [1.82, 2.24) is 4.98 Å². The van der Waals surface area contributed by atoms with Crippen LogP contribution < -0.4 is 5.32 Å². The molecule has 0 fully saturated rings. The number of nitrogens with one attached hydrogen (secondary N) is 1. The van der Waals surface area contributed by atoms with Crippen LogP contribution in [0, 0.1) is 11.6 Å². The van der Waals surface area contributed by atoms with Gasteiger partial charge in [-0.05, 0) is 46.6 Å². The number of halogens is 4. The lowest BCUT2D eigenvalue weighted by Crippen LogP contribution is -2.08. The minimum Gasteiger partial charge on any atom is -0.376 e. The molecule has 19 heavy (non-hydrogen) atoms. The molecule has 0 aliphatic carbocycles. The summed E-state index contributed by atoms with van der Waals surface area (Å²) in [5.41, 5.74) is 1.24. The monoisotopic (exact) mass is 346 g/mol. The predicted octanol–water partition coefficient (Wildman–Crippen LogP) is 4.95. The summed E-state index contributed by atoms with van der Waals surface area (Å²) in [5.74, 6) is -1.73. The van der Waals surface area contributed by atoms with Crippen molar-refractivity contribution < 1.29 is 8.78 Å². The molecule has 0 saturated carbocycles. The largest absolute Gasteiger partial charge is 0.376 e. The molecule has 0 saturated heterocycles. The predicted molar refractivity (Wildman–Crippen MR) is 75.3 cm³/mol. The van der Waals surface area contributed by atoms with Crippen LogP contribution in [0.15, 0.2) is 34.9 Å². The van der Waals surface area contributed by atoms with Crippen LogP contribution in [-0.2, 0) is 0 Å². The number of aromatic nitrogens is 1. The summed E-state index contributed by atoms with van der Waals surface area (Å²) >= 11 is 9.25. The Bertz CT molecular complexity index is 607. The van der Waals surface area contributed by atoms with Crippen molar-refractivity contribution in [3.63, 3.8) is 0 Å². The molecule has 100 valence electrons. The van der Waals surface area contributed by atoms with Crippen LogP contribution in [0.3, 0.4) is 0 Å². The van der Waals surface area contributed by atoms with Crippen molar-refractivity contribution >= 4 is 33.2 Å². The third kappa shape index (κ3) is 3.42. The number of rotatable bonds is 3. The zero-order chi connectivity index (χ0) is 14.0. The molecular weight excluding hydrogens is 338 g/mol. The number of nitrogens with zero attached hydrogens (tertiary/aromatic N) is 1. The second-order valence-corrected chi connectivity index (χ2v) is 5.31. The molecule has 1 aromatic carbocycles. The number of hydrogen-bond acceptors (Lipinski definition) is 2. The lowest BCUT2D eigenvalue weighted by Gasteiger charge is -2.16. The lowest BCUT2D eigenvalue weighted by atomic mass is 10.1. The molecule has 2 nitrogen and oxygen atoms in total. The highest BCUT2D eigenvalue weighted by Gasteiger charge is 2.11. The smallest absolute Gasteiger partial charge is 0.159 e. The van der Waals surface area contributed by atoms with E-state index in [9.17, 15) is 8.78 Å². The first-order valence-electron chi connectivity index (χ1n) is 5.50. The number of hydrogen-bond donors (Lipinski definition) is 1. The van der Waals surface area contributed by atoms with E-state index in [2.05, 4.69) is 26.2 Å². The Kier molecular flexibility index (Phi) is 4.37. The lowest BCUT2D eigenvalue weighted by molar-refractivity contribution is 0.506. The first-order chi connectivity index (χ1) is 8.97. The third-order valence-corrected chi connectivity index (χ3v) is 3.36. The normalized spacial score (nSPS) is 12.3. The van der Waals surface area contributed by atoms with Gasteiger partial charge in [-0.2, -0.15) is 0 Å². The van der Waals surface area contributed by atoms with Gasteiger partial charge in [0.2, 0.25) is 0 Å². The SMILES string of the molecule is CC(Nc1cc(Br)cnc1Cl)c1ccc(F)c(F)c1. The molecule has 1 N–H and O–H groups in total. The van der Waals surface area contributed by atoms with Crippen LogP contribution in [0.1, 0.15) is 18.5 Å². The fraction of sp³-hybridized carbons (Fsp3) is 0.154. The van der Waals surface area contributed by atoms with E-state index in [4.69, 9.17) is 11.6 Å². The summed E-state index contributed by atoms with van der Waals surface area (Å²) < 4.78 is 26.8. The highest BCUT2D eigenvalue weighted by molar-refractivity contribution is 9.10. The topological polar surface area (TPSA) is 24.9 Å². The summed E-state index contributed by atoms with van der Waals surface area (Å²) in [6.45, 7) is 1.82. The van der Waals surface area contributed by atoms with Gasteiger partial charge in [0, 0.05) is 16.7 Å². The minimum atomic E-state index is -0.871. The Morgan fingerprint density at radius 2 is 2.00 bits per heavy atom. The van der Waals surface area contributed by atoms with Crippen LogP contribution in [-0.4, -0.2) is 4.98 Å². The van der Waals surface area contributed by atoms with Gasteiger partial charge in [0.05, 0.1) is 5.69 Å². The van der Waals surface area contributed by atoms with Crippen LogP contribution >= 0.6 is 27.5 Å². The summed E-state index contributed by atoms with van der Waals surface area (Å²) in [4.78, 5) is 3.98. The van der Waals surface area contributed by atoms with Gasteiger partial charge in [-0.1, -0.05) is 17.7 Å². The van der Waals surface area contributed by atoms with Gasteiger partial charge in [0.1, 0.15) is 0 Å². The molecule has 1 unspecified atom stereocenters.